The average Bonchev–Trinajstić information content (AvgIpc) is 3.76. The molecule has 3 heteroatoms. The molecule has 0 unspecified atom stereocenters. The number of benzene rings is 5. The van der Waals surface area contributed by atoms with Gasteiger partial charge in [-0.15, -0.1) is 0 Å². The van der Waals surface area contributed by atoms with Gasteiger partial charge >= 0.3 is 0 Å². The Kier molecular flexibility index (Phi) is 5.69. The predicted octanol–water partition coefficient (Wildman–Crippen LogP) is 10.8. The lowest BCUT2D eigenvalue weighted by Gasteiger charge is -2.31. The van der Waals surface area contributed by atoms with Crippen molar-refractivity contribution in [2.75, 3.05) is 0 Å². The number of aromatic nitrogens is 2. The van der Waals surface area contributed by atoms with Crippen molar-refractivity contribution in [1.82, 2.24) is 4.57 Å². The summed E-state index contributed by atoms with van der Waals surface area (Å²) < 4.78 is 5.03. The summed E-state index contributed by atoms with van der Waals surface area (Å²) in [7, 11) is 0. The first-order valence-corrected chi connectivity index (χ1v) is 17.2. The van der Waals surface area contributed by atoms with E-state index in [1.807, 2.05) is 11.3 Å². The predicted molar refractivity (Wildman–Crippen MR) is 190 cm³/mol. The Bertz CT molecular complexity index is 2300. The molecule has 2 aliphatic rings. The van der Waals surface area contributed by atoms with Crippen molar-refractivity contribution in [3.05, 3.63) is 131 Å². The zero-order valence-corrected chi connectivity index (χ0v) is 27.2. The van der Waals surface area contributed by atoms with Gasteiger partial charge in [0.25, 0.3) is 5.01 Å². The maximum absolute atomic E-state index is 2.57. The van der Waals surface area contributed by atoms with Crippen LogP contribution in [0.25, 0.3) is 60.3 Å². The highest BCUT2D eigenvalue weighted by atomic mass is 32.1. The molecule has 0 amide bonds. The standard InChI is InChI=1S/C42H37N2S/c1-5-42(6-2)26-29-17-16-27(22-32(29)40-43(42)20-21-45-40)28-18-19-38-34(23-28)35-24-33-31-14-10-11-15-36(31)41(3,4)37(33)25-39(35)44(38)30-12-8-7-9-13-30/h7-25H,5-6,26H2,1-4H3/q+1. The monoisotopic (exact) mass is 601 g/mol. The molecular weight excluding hydrogens is 565 g/mol. The molecule has 7 aromatic rings. The van der Waals surface area contributed by atoms with E-state index in [1.165, 1.54) is 77.0 Å². The van der Waals surface area contributed by atoms with E-state index < -0.39 is 0 Å². The van der Waals surface area contributed by atoms with Crippen LogP contribution in [0.5, 0.6) is 0 Å². The zero-order valence-electron chi connectivity index (χ0n) is 26.4. The summed E-state index contributed by atoms with van der Waals surface area (Å²) in [5, 5.41) is 6.27. The lowest BCUT2D eigenvalue weighted by molar-refractivity contribution is -0.754. The van der Waals surface area contributed by atoms with Crippen molar-refractivity contribution >= 4 is 33.1 Å². The number of para-hydroxylation sites is 1. The fraction of sp³-hybridized carbons (Fsp3) is 0.214. The maximum Gasteiger partial charge on any atom is 0.269 e. The molecule has 0 saturated heterocycles. The number of fused-ring (bicyclic) bond motifs is 9. The molecule has 0 N–H and O–H groups in total. The van der Waals surface area contributed by atoms with E-state index in [0.717, 1.165) is 19.3 Å². The summed E-state index contributed by atoms with van der Waals surface area (Å²) >= 11 is 1.88. The van der Waals surface area contributed by atoms with Gasteiger partial charge in [-0.05, 0) is 81.4 Å². The molecule has 0 saturated carbocycles. The SMILES string of the molecule is CCC1(CC)Cc2ccc(-c3ccc4c(c3)c3cc5c(cc3n4-c3ccccc3)C(C)(C)c3ccccc3-5)cc2-c2scc[n+]21. The smallest absolute Gasteiger partial charge is 0.269 e. The van der Waals surface area contributed by atoms with Gasteiger partial charge < -0.3 is 4.57 Å². The van der Waals surface area contributed by atoms with Crippen LogP contribution in [0.4, 0.5) is 0 Å². The topological polar surface area (TPSA) is 8.81 Å². The summed E-state index contributed by atoms with van der Waals surface area (Å²) in [4.78, 5) is 0. The van der Waals surface area contributed by atoms with E-state index >= 15 is 0 Å². The van der Waals surface area contributed by atoms with Crippen LogP contribution < -0.4 is 4.57 Å². The largest absolute Gasteiger partial charge is 0.309 e. The third kappa shape index (κ3) is 3.65. The van der Waals surface area contributed by atoms with Crippen LogP contribution in [0.3, 0.4) is 0 Å². The summed E-state index contributed by atoms with van der Waals surface area (Å²) in [6, 6.07) is 39.0. The van der Waals surface area contributed by atoms with E-state index in [1.54, 1.807) is 0 Å². The highest BCUT2D eigenvalue weighted by Crippen LogP contribution is 2.51. The number of hydrogen-bond acceptors (Lipinski definition) is 1. The molecule has 220 valence electrons. The molecule has 5 aromatic carbocycles. The Morgan fingerprint density at radius 2 is 1.42 bits per heavy atom. The van der Waals surface area contributed by atoms with Crippen LogP contribution in [0, 0.1) is 0 Å². The quantitative estimate of drug-likeness (QED) is 0.178. The molecule has 2 nitrogen and oxygen atoms in total. The van der Waals surface area contributed by atoms with Crippen molar-refractivity contribution in [2.24, 2.45) is 0 Å². The molecule has 9 rings (SSSR count). The number of rotatable bonds is 4. The van der Waals surface area contributed by atoms with Gasteiger partial charge in [-0.3, -0.25) is 0 Å². The zero-order chi connectivity index (χ0) is 30.5. The van der Waals surface area contributed by atoms with Gasteiger partial charge in [0.2, 0.25) is 0 Å². The summed E-state index contributed by atoms with van der Waals surface area (Å²) in [5.41, 5.74) is 14.8. The summed E-state index contributed by atoms with van der Waals surface area (Å²) in [6.45, 7) is 9.42. The lowest BCUT2D eigenvalue weighted by Crippen LogP contribution is -2.58. The first-order valence-electron chi connectivity index (χ1n) is 16.3. The molecule has 0 fully saturated rings. The fourth-order valence-electron chi connectivity index (χ4n) is 8.48. The summed E-state index contributed by atoms with van der Waals surface area (Å²) in [5.74, 6) is 0. The molecular formula is C42H37N2S+. The molecule has 1 aliphatic heterocycles. The molecule has 3 heterocycles. The Morgan fingerprint density at radius 1 is 0.689 bits per heavy atom. The van der Waals surface area contributed by atoms with Gasteiger partial charge in [-0.25, -0.2) is 0 Å². The van der Waals surface area contributed by atoms with Crippen molar-refractivity contribution in [3.8, 4) is 38.5 Å². The normalized spacial score (nSPS) is 15.6. The maximum atomic E-state index is 2.57. The Hall–Kier alpha value is -4.47. The van der Waals surface area contributed by atoms with Crippen molar-refractivity contribution in [3.63, 3.8) is 0 Å². The van der Waals surface area contributed by atoms with Gasteiger partial charge in [-0.2, -0.15) is 4.57 Å². The van der Waals surface area contributed by atoms with E-state index in [4.69, 9.17) is 0 Å². The first-order chi connectivity index (χ1) is 21.9. The van der Waals surface area contributed by atoms with Crippen LogP contribution in [-0.4, -0.2) is 4.57 Å². The van der Waals surface area contributed by atoms with Gasteiger partial charge in [-0.1, -0.05) is 99.7 Å². The Balaban J connectivity index is 1.27. The van der Waals surface area contributed by atoms with E-state index in [0.29, 0.717) is 0 Å². The fourth-order valence-corrected chi connectivity index (χ4v) is 9.48. The van der Waals surface area contributed by atoms with E-state index in [-0.39, 0.29) is 11.0 Å². The number of nitrogens with zero attached hydrogens (tertiary/aromatic N) is 2. The lowest BCUT2D eigenvalue weighted by atomic mass is 9.80. The van der Waals surface area contributed by atoms with Gasteiger partial charge in [0.05, 0.1) is 22.0 Å². The second-order valence-corrected chi connectivity index (χ2v) is 14.4. The second kappa shape index (κ2) is 9.52. The van der Waals surface area contributed by atoms with E-state index in [2.05, 4.69) is 152 Å². The van der Waals surface area contributed by atoms with Crippen molar-refractivity contribution in [2.45, 2.75) is 57.9 Å². The molecule has 45 heavy (non-hydrogen) atoms. The molecule has 0 bridgehead atoms. The molecule has 2 aromatic heterocycles. The Labute approximate surface area is 269 Å². The minimum Gasteiger partial charge on any atom is -0.309 e. The van der Waals surface area contributed by atoms with Crippen molar-refractivity contribution in [1.29, 1.82) is 0 Å². The van der Waals surface area contributed by atoms with Gasteiger partial charge in [0.15, 0.2) is 11.7 Å². The number of hydrogen-bond donors (Lipinski definition) is 0. The van der Waals surface area contributed by atoms with Crippen LogP contribution >= 0.6 is 11.3 Å². The van der Waals surface area contributed by atoms with Crippen LogP contribution in [-0.2, 0) is 17.4 Å². The number of thiazole rings is 1. The molecule has 0 radical (unpaired) electrons. The molecule has 0 spiro atoms. The summed E-state index contributed by atoms with van der Waals surface area (Å²) in [6.07, 6.45) is 5.70. The second-order valence-electron chi connectivity index (χ2n) is 13.5. The van der Waals surface area contributed by atoms with Crippen LogP contribution in [0.15, 0.2) is 115 Å². The molecule has 0 atom stereocenters. The van der Waals surface area contributed by atoms with Crippen LogP contribution in [0.1, 0.15) is 57.2 Å². The third-order valence-electron chi connectivity index (χ3n) is 11.1. The van der Waals surface area contributed by atoms with Crippen molar-refractivity contribution < 1.29 is 4.57 Å². The Morgan fingerprint density at radius 3 is 2.24 bits per heavy atom. The minimum atomic E-state index is -0.0435. The third-order valence-corrected chi connectivity index (χ3v) is 12.0. The highest BCUT2D eigenvalue weighted by Gasteiger charge is 2.44. The highest BCUT2D eigenvalue weighted by molar-refractivity contribution is 7.12. The minimum absolute atomic E-state index is 0.0435. The molecule has 1 aliphatic carbocycles. The van der Waals surface area contributed by atoms with E-state index in [9.17, 15) is 0 Å². The van der Waals surface area contributed by atoms with Crippen LogP contribution in [0.2, 0.25) is 0 Å². The first kappa shape index (κ1) is 26.9. The average molecular weight is 602 g/mol. The van der Waals surface area contributed by atoms with Gasteiger partial charge in [0.1, 0.15) is 0 Å². The van der Waals surface area contributed by atoms with Gasteiger partial charge in [0, 0.05) is 41.1 Å².